The highest BCUT2D eigenvalue weighted by Gasteiger charge is 2.23. The molecule has 3 aromatic carbocycles. The Morgan fingerprint density at radius 1 is 0.879 bits per heavy atom. The number of halogens is 3. The first-order valence-corrected chi connectivity index (χ1v) is 11.5. The number of fused-ring (bicyclic) bond motifs is 1. The molecular formula is C26H18Cl3N3O. The van der Waals surface area contributed by atoms with Crippen LogP contribution in [0, 0.1) is 0 Å². The molecule has 0 fully saturated rings. The van der Waals surface area contributed by atoms with E-state index in [4.69, 9.17) is 44.5 Å². The van der Waals surface area contributed by atoms with Gasteiger partial charge in [0.15, 0.2) is 5.65 Å². The Balaban J connectivity index is 1.90. The van der Waals surface area contributed by atoms with Gasteiger partial charge in [0.25, 0.3) is 0 Å². The van der Waals surface area contributed by atoms with E-state index in [1.165, 1.54) is 0 Å². The molecule has 0 aliphatic rings. The molecule has 0 radical (unpaired) electrons. The lowest BCUT2D eigenvalue weighted by atomic mass is 9.97. The molecule has 5 rings (SSSR count). The van der Waals surface area contributed by atoms with Gasteiger partial charge in [-0.3, -0.25) is 0 Å². The standard InChI is InChI=1S/C26H18Cl3N3O/c1-2-33-25-21-15-30-32(19-6-4-3-5-7-19)26(21)31-24(20-13-12-18(28)14-22(20)29)23(25)16-8-10-17(27)11-9-16/h3-15H,2H2,1H3. The fourth-order valence-corrected chi connectivity index (χ4v) is 4.45. The summed E-state index contributed by atoms with van der Waals surface area (Å²) in [5.41, 5.74) is 4.71. The second-order valence-electron chi connectivity index (χ2n) is 7.36. The molecule has 33 heavy (non-hydrogen) atoms. The van der Waals surface area contributed by atoms with Crippen LogP contribution in [0.5, 0.6) is 5.75 Å². The van der Waals surface area contributed by atoms with Crippen LogP contribution < -0.4 is 4.74 Å². The maximum Gasteiger partial charge on any atom is 0.167 e. The maximum atomic E-state index is 6.65. The van der Waals surface area contributed by atoms with Gasteiger partial charge in [-0.15, -0.1) is 0 Å². The van der Waals surface area contributed by atoms with Gasteiger partial charge in [-0.25, -0.2) is 9.67 Å². The molecule has 0 bridgehead atoms. The number of nitrogens with zero attached hydrogens (tertiary/aromatic N) is 3. The van der Waals surface area contributed by atoms with Crippen LogP contribution in [0.4, 0.5) is 0 Å². The molecule has 164 valence electrons. The molecule has 0 N–H and O–H groups in total. The SMILES string of the molecule is CCOc1c(-c2ccc(Cl)cc2)c(-c2ccc(Cl)cc2Cl)nc2c1cnn2-c1ccccc1. The minimum Gasteiger partial charge on any atom is -0.492 e. The van der Waals surface area contributed by atoms with Crippen molar-refractivity contribution in [2.75, 3.05) is 6.61 Å². The fraction of sp³-hybridized carbons (Fsp3) is 0.0769. The van der Waals surface area contributed by atoms with Crippen molar-refractivity contribution in [1.82, 2.24) is 14.8 Å². The summed E-state index contributed by atoms with van der Waals surface area (Å²) in [6.45, 7) is 2.43. The van der Waals surface area contributed by atoms with Crippen LogP contribution in [0.1, 0.15) is 6.92 Å². The van der Waals surface area contributed by atoms with Crippen LogP contribution in [0.3, 0.4) is 0 Å². The van der Waals surface area contributed by atoms with Crippen molar-refractivity contribution < 1.29 is 4.74 Å². The minimum absolute atomic E-state index is 0.476. The first kappa shape index (κ1) is 21.8. The van der Waals surface area contributed by atoms with Crippen molar-refractivity contribution in [2.45, 2.75) is 6.92 Å². The molecule has 0 saturated heterocycles. The number of para-hydroxylation sites is 1. The minimum atomic E-state index is 0.476. The fourth-order valence-electron chi connectivity index (χ4n) is 3.83. The van der Waals surface area contributed by atoms with Crippen LogP contribution in [-0.2, 0) is 0 Å². The van der Waals surface area contributed by atoms with Crippen molar-refractivity contribution in [2.24, 2.45) is 0 Å². The third-order valence-electron chi connectivity index (χ3n) is 5.28. The van der Waals surface area contributed by atoms with E-state index >= 15 is 0 Å². The van der Waals surface area contributed by atoms with E-state index in [1.807, 2.05) is 67.6 Å². The second-order valence-corrected chi connectivity index (χ2v) is 8.64. The van der Waals surface area contributed by atoms with E-state index in [1.54, 1.807) is 23.0 Å². The lowest BCUT2D eigenvalue weighted by molar-refractivity contribution is 0.345. The molecule has 7 heteroatoms. The highest BCUT2D eigenvalue weighted by molar-refractivity contribution is 6.36. The van der Waals surface area contributed by atoms with Gasteiger partial charge in [-0.2, -0.15) is 5.10 Å². The Morgan fingerprint density at radius 3 is 2.30 bits per heavy atom. The summed E-state index contributed by atoms with van der Waals surface area (Å²) in [5, 5.41) is 7.13. The van der Waals surface area contributed by atoms with Gasteiger partial charge in [-0.1, -0.05) is 65.1 Å². The Hall–Kier alpha value is -3.05. The van der Waals surface area contributed by atoms with Gasteiger partial charge in [0, 0.05) is 15.6 Å². The highest BCUT2D eigenvalue weighted by atomic mass is 35.5. The largest absolute Gasteiger partial charge is 0.492 e. The van der Waals surface area contributed by atoms with E-state index in [0.29, 0.717) is 38.8 Å². The van der Waals surface area contributed by atoms with Crippen LogP contribution in [0.2, 0.25) is 15.1 Å². The zero-order chi connectivity index (χ0) is 22.9. The Morgan fingerprint density at radius 2 is 1.61 bits per heavy atom. The van der Waals surface area contributed by atoms with E-state index in [2.05, 4.69) is 5.10 Å². The van der Waals surface area contributed by atoms with Crippen LogP contribution in [-0.4, -0.2) is 21.4 Å². The number of rotatable bonds is 5. The second kappa shape index (κ2) is 9.06. The van der Waals surface area contributed by atoms with E-state index in [9.17, 15) is 0 Å². The third kappa shape index (κ3) is 4.06. The van der Waals surface area contributed by atoms with E-state index in [-0.39, 0.29) is 0 Å². The van der Waals surface area contributed by atoms with Crippen LogP contribution in [0.25, 0.3) is 39.1 Å². The zero-order valence-electron chi connectivity index (χ0n) is 17.6. The lowest BCUT2D eigenvalue weighted by Crippen LogP contribution is -2.02. The smallest absolute Gasteiger partial charge is 0.167 e. The quantitative estimate of drug-likeness (QED) is 0.248. The highest BCUT2D eigenvalue weighted by Crippen LogP contribution is 2.45. The van der Waals surface area contributed by atoms with Gasteiger partial charge in [0.1, 0.15) is 5.75 Å². The van der Waals surface area contributed by atoms with Gasteiger partial charge in [0.05, 0.1) is 40.2 Å². The number of hydrogen-bond donors (Lipinski definition) is 0. The van der Waals surface area contributed by atoms with E-state index in [0.717, 1.165) is 27.8 Å². The van der Waals surface area contributed by atoms with Crippen molar-refractivity contribution in [3.63, 3.8) is 0 Å². The molecule has 4 nitrogen and oxygen atoms in total. The van der Waals surface area contributed by atoms with Crippen LogP contribution >= 0.6 is 34.8 Å². The molecule has 0 saturated carbocycles. The number of ether oxygens (including phenoxy) is 1. The Kier molecular flexibility index (Phi) is 5.98. The Bertz CT molecular complexity index is 1450. The number of benzene rings is 3. The molecule has 0 aliphatic heterocycles. The van der Waals surface area contributed by atoms with Gasteiger partial charge < -0.3 is 4.74 Å². The van der Waals surface area contributed by atoms with Gasteiger partial charge in [0.2, 0.25) is 0 Å². The van der Waals surface area contributed by atoms with E-state index < -0.39 is 0 Å². The normalized spacial score (nSPS) is 11.2. The van der Waals surface area contributed by atoms with Gasteiger partial charge >= 0.3 is 0 Å². The molecule has 0 spiro atoms. The summed E-state index contributed by atoms with van der Waals surface area (Å²) in [4.78, 5) is 5.07. The molecule has 0 unspecified atom stereocenters. The van der Waals surface area contributed by atoms with Crippen molar-refractivity contribution in [3.05, 3.63) is 94.1 Å². The molecule has 0 aliphatic carbocycles. The summed E-state index contributed by atoms with van der Waals surface area (Å²) < 4.78 is 8.02. The molecule has 0 atom stereocenters. The summed E-state index contributed by atoms with van der Waals surface area (Å²) in [5.74, 6) is 0.688. The topological polar surface area (TPSA) is 39.9 Å². The zero-order valence-corrected chi connectivity index (χ0v) is 19.9. The van der Waals surface area contributed by atoms with Crippen LogP contribution in [0.15, 0.2) is 79.0 Å². The van der Waals surface area contributed by atoms with Crippen molar-refractivity contribution >= 4 is 45.8 Å². The predicted octanol–water partition coefficient (Wildman–Crippen LogP) is 8.11. The first-order chi connectivity index (χ1) is 16.1. The average molecular weight is 495 g/mol. The lowest BCUT2D eigenvalue weighted by Gasteiger charge is -2.17. The van der Waals surface area contributed by atoms with Gasteiger partial charge in [-0.05, 0) is 55.0 Å². The molecule has 2 aromatic heterocycles. The van der Waals surface area contributed by atoms with Crippen molar-refractivity contribution in [3.8, 4) is 33.8 Å². The summed E-state index contributed by atoms with van der Waals surface area (Å²) in [7, 11) is 0. The monoisotopic (exact) mass is 493 g/mol. The Labute approximate surface area is 206 Å². The summed E-state index contributed by atoms with van der Waals surface area (Å²) in [6.07, 6.45) is 1.78. The predicted molar refractivity (Wildman–Crippen MR) is 136 cm³/mol. The molecule has 5 aromatic rings. The number of hydrogen-bond acceptors (Lipinski definition) is 3. The maximum absolute atomic E-state index is 6.65. The van der Waals surface area contributed by atoms with Crippen molar-refractivity contribution in [1.29, 1.82) is 0 Å². The first-order valence-electron chi connectivity index (χ1n) is 10.4. The third-order valence-corrected chi connectivity index (χ3v) is 6.08. The average Bonchev–Trinajstić information content (AvgIpc) is 3.24. The molecular weight excluding hydrogens is 477 g/mol. The number of pyridine rings is 1. The molecule has 2 heterocycles. The summed E-state index contributed by atoms with van der Waals surface area (Å²) >= 11 is 19.0. The summed E-state index contributed by atoms with van der Waals surface area (Å²) in [6, 6.07) is 22.8. The molecule has 0 amide bonds. The number of aromatic nitrogens is 3.